The Bertz CT molecular complexity index is 580. The van der Waals surface area contributed by atoms with Crippen molar-refractivity contribution >= 4 is 11.8 Å². The number of nitrogens with zero attached hydrogens (tertiary/aromatic N) is 4. The lowest BCUT2D eigenvalue weighted by molar-refractivity contribution is -0.153. The molecule has 1 aromatic carbocycles. The van der Waals surface area contributed by atoms with Crippen molar-refractivity contribution in [2.24, 2.45) is 0 Å². The average Bonchev–Trinajstić information content (AvgIpc) is 2.88. The molecule has 0 radical (unpaired) electrons. The number of carbonyl (C=O) groups is 2. The number of tetrazole rings is 1. The first-order valence-electron chi connectivity index (χ1n) is 5.75. The zero-order valence-corrected chi connectivity index (χ0v) is 10.3. The van der Waals surface area contributed by atoms with Gasteiger partial charge in [0.05, 0.1) is 18.7 Å². The van der Waals surface area contributed by atoms with E-state index in [0.29, 0.717) is 5.82 Å². The van der Waals surface area contributed by atoms with E-state index in [2.05, 4.69) is 20.3 Å². The van der Waals surface area contributed by atoms with Gasteiger partial charge in [0.1, 0.15) is 0 Å². The van der Waals surface area contributed by atoms with Gasteiger partial charge in [0.2, 0.25) is 5.78 Å². The van der Waals surface area contributed by atoms with Gasteiger partial charge in [-0.25, -0.2) is 4.79 Å². The van der Waals surface area contributed by atoms with Crippen molar-refractivity contribution in [2.45, 2.75) is 13.3 Å². The van der Waals surface area contributed by atoms with Gasteiger partial charge < -0.3 is 4.74 Å². The molecular formula is C12H12N4O3. The number of ketones is 1. The van der Waals surface area contributed by atoms with Crippen LogP contribution in [0.3, 0.4) is 0 Å². The van der Waals surface area contributed by atoms with Gasteiger partial charge in [-0.2, -0.15) is 4.68 Å². The molecule has 0 bridgehead atoms. The smallest absolute Gasteiger partial charge is 0.375 e. The van der Waals surface area contributed by atoms with Gasteiger partial charge in [-0.3, -0.25) is 4.79 Å². The largest absolute Gasteiger partial charge is 0.460 e. The molecule has 0 aliphatic carbocycles. The van der Waals surface area contributed by atoms with Crippen molar-refractivity contribution < 1.29 is 14.3 Å². The van der Waals surface area contributed by atoms with Crippen molar-refractivity contribution in [3.63, 3.8) is 0 Å². The van der Waals surface area contributed by atoms with Crippen LogP contribution in [0.25, 0.3) is 5.69 Å². The number of para-hydroxylation sites is 1. The van der Waals surface area contributed by atoms with Gasteiger partial charge >= 0.3 is 5.97 Å². The molecule has 0 aliphatic rings. The van der Waals surface area contributed by atoms with E-state index in [1.807, 2.05) is 18.2 Å². The number of rotatable bonds is 5. The second kappa shape index (κ2) is 5.85. The van der Waals surface area contributed by atoms with Crippen LogP contribution in [0.1, 0.15) is 12.7 Å². The molecule has 0 amide bonds. The van der Waals surface area contributed by atoms with Gasteiger partial charge in [0.15, 0.2) is 5.82 Å². The third-order valence-corrected chi connectivity index (χ3v) is 2.36. The van der Waals surface area contributed by atoms with Crippen molar-refractivity contribution in [1.29, 1.82) is 0 Å². The summed E-state index contributed by atoms with van der Waals surface area (Å²) >= 11 is 0. The van der Waals surface area contributed by atoms with E-state index in [1.54, 1.807) is 19.1 Å². The van der Waals surface area contributed by atoms with Crippen LogP contribution in [0.2, 0.25) is 0 Å². The van der Waals surface area contributed by atoms with Crippen LogP contribution in [0.5, 0.6) is 0 Å². The zero-order chi connectivity index (χ0) is 13.7. The summed E-state index contributed by atoms with van der Waals surface area (Å²) in [7, 11) is 0. The van der Waals surface area contributed by atoms with Gasteiger partial charge in [-0.05, 0) is 29.5 Å². The molecule has 7 heteroatoms. The van der Waals surface area contributed by atoms with E-state index in [9.17, 15) is 9.59 Å². The first-order chi connectivity index (χ1) is 9.22. The molecule has 1 aromatic heterocycles. The Morgan fingerprint density at radius 2 is 2.00 bits per heavy atom. The van der Waals surface area contributed by atoms with E-state index in [4.69, 9.17) is 0 Å². The maximum atomic E-state index is 11.6. The first kappa shape index (κ1) is 12.9. The van der Waals surface area contributed by atoms with Crippen LogP contribution < -0.4 is 0 Å². The molecule has 0 saturated carbocycles. The molecule has 0 unspecified atom stereocenters. The Labute approximate surface area is 109 Å². The zero-order valence-electron chi connectivity index (χ0n) is 10.3. The highest BCUT2D eigenvalue weighted by atomic mass is 16.5. The molecule has 0 spiro atoms. The van der Waals surface area contributed by atoms with Crippen molar-refractivity contribution in [3.8, 4) is 5.69 Å². The molecule has 0 N–H and O–H groups in total. The Kier molecular flexibility index (Phi) is 3.97. The predicted octanol–water partition coefficient (Wildman–Crippen LogP) is 0.337. The van der Waals surface area contributed by atoms with Gasteiger partial charge in [-0.1, -0.05) is 18.2 Å². The molecule has 1 heterocycles. The Hall–Kier alpha value is -2.57. The lowest BCUT2D eigenvalue weighted by atomic mass is 10.2. The maximum absolute atomic E-state index is 11.6. The molecule has 98 valence electrons. The van der Waals surface area contributed by atoms with Crippen LogP contribution in [0.15, 0.2) is 30.3 Å². The highest BCUT2D eigenvalue weighted by Gasteiger charge is 2.19. The summed E-state index contributed by atoms with van der Waals surface area (Å²) in [6, 6.07) is 9.11. The number of hydrogen-bond donors (Lipinski definition) is 0. The third kappa shape index (κ3) is 3.01. The summed E-state index contributed by atoms with van der Waals surface area (Å²) in [5.41, 5.74) is 0.721. The summed E-state index contributed by atoms with van der Waals surface area (Å²) in [5.74, 6) is -1.25. The Morgan fingerprint density at radius 3 is 2.68 bits per heavy atom. The minimum Gasteiger partial charge on any atom is -0.460 e. The van der Waals surface area contributed by atoms with E-state index in [-0.39, 0.29) is 13.0 Å². The Morgan fingerprint density at radius 1 is 1.26 bits per heavy atom. The molecular weight excluding hydrogens is 248 g/mol. The molecule has 0 aliphatic heterocycles. The van der Waals surface area contributed by atoms with Gasteiger partial charge in [0.25, 0.3) is 0 Å². The van der Waals surface area contributed by atoms with Crippen molar-refractivity contribution in [3.05, 3.63) is 36.2 Å². The van der Waals surface area contributed by atoms with Crippen LogP contribution in [-0.4, -0.2) is 38.6 Å². The lowest BCUT2D eigenvalue weighted by Gasteiger charge is -2.03. The fourth-order valence-electron chi connectivity index (χ4n) is 1.51. The number of benzene rings is 1. The van der Waals surface area contributed by atoms with Crippen LogP contribution in [-0.2, 0) is 20.7 Å². The van der Waals surface area contributed by atoms with Crippen molar-refractivity contribution in [1.82, 2.24) is 20.2 Å². The molecule has 2 aromatic rings. The molecule has 19 heavy (non-hydrogen) atoms. The minimum atomic E-state index is -0.870. The van der Waals surface area contributed by atoms with E-state index in [1.165, 1.54) is 4.68 Å². The topological polar surface area (TPSA) is 87.0 Å². The summed E-state index contributed by atoms with van der Waals surface area (Å²) < 4.78 is 6.05. The number of ether oxygens (including phenoxy) is 1. The summed E-state index contributed by atoms with van der Waals surface area (Å²) in [5, 5.41) is 11.1. The van der Waals surface area contributed by atoms with Gasteiger partial charge in [-0.15, -0.1) is 5.10 Å². The molecule has 0 atom stereocenters. The van der Waals surface area contributed by atoms with E-state index >= 15 is 0 Å². The van der Waals surface area contributed by atoms with Crippen molar-refractivity contribution in [2.75, 3.05) is 6.61 Å². The quantitative estimate of drug-likeness (QED) is 0.569. The predicted molar refractivity (Wildman–Crippen MR) is 64.5 cm³/mol. The number of Topliss-reactive ketones (excluding diaryl/α,β-unsaturated/α-hetero) is 1. The summed E-state index contributed by atoms with van der Waals surface area (Å²) in [4.78, 5) is 22.9. The number of esters is 1. The van der Waals surface area contributed by atoms with Crippen LogP contribution in [0, 0.1) is 0 Å². The molecule has 7 nitrogen and oxygen atoms in total. The number of hydrogen-bond acceptors (Lipinski definition) is 6. The number of carbonyl (C=O) groups excluding carboxylic acids is 2. The highest BCUT2D eigenvalue weighted by Crippen LogP contribution is 2.07. The van der Waals surface area contributed by atoms with Crippen LogP contribution >= 0.6 is 0 Å². The fraction of sp³-hybridized carbons (Fsp3) is 0.250. The highest BCUT2D eigenvalue weighted by molar-refractivity contribution is 6.33. The standard InChI is InChI=1S/C12H12N4O3/c1-2-19-12(18)10(17)8-11-13-14-15-16(11)9-6-4-3-5-7-9/h3-7H,2,8H2,1H3. The molecule has 0 saturated heterocycles. The Balaban J connectivity index is 2.17. The maximum Gasteiger partial charge on any atom is 0.375 e. The lowest BCUT2D eigenvalue weighted by Crippen LogP contribution is -2.21. The fourth-order valence-corrected chi connectivity index (χ4v) is 1.51. The molecule has 0 fully saturated rings. The first-order valence-corrected chi connectivity index (χ1v) is 5.75. The second-order valence-corrected chi connectivity index (χ2v) is 3.66. The minimum absolute atomic E-state index is 0.161. The SMILES string of the molecule is CCOC(=O)C(=O)Cc1nnnn1-c1ccccc1. The van der Waals surface area contributed by atoms with E-state index in [0.717, 1.165) is 5.69 Å². The van der Waals surface area contributed by atoms with E-state index < -0.39 is 11.8 Å². The third-order valence-electron chi connectivity index (χ3n) is 2.36. The monoisotopic (exact) mass is 260 g/mol. The van der Waals surface area contributed by atoms with Crippen LogP contribution in [0.4, 0.5) is 0 Å². The second-order valence-electron chi connectivity index (χ2n) is 3.66. The number of aromatic nitrogens is 4. The average molecular weight is 260 g/mol. The normalized spacial score (nSPS) is 10.2. The summed E-state index contributed by atoms with van der Waals surface area (Å²) in [6.45, 7) is 1.80. The summed E-state index contributed by atoms with van der Waals surface area (Å²) in [6.07, 6.45) is -0.194. The molecule has 2 rings (SSSR count). The van der Waals surface area contributed by atoms with Gasteiger partial charge in [0, 0.05) is 0 Å².